The molecule has 0 aromatic carbocycles. The second-order valence-electron chi connectivity index (χ2n) is 4.01. The molecule has 0 saturated carbocycles. The summed E-state index contributed by atoms with van der Waals surface area (Å²) in [6, 6.07) is 0. The van der Waals surface area contributed by atoms with Crippen molar-refractivity contribution in [1.29, 1.82) is 0 Å². The van der Waals surface area contributed by atoms with E-state index in [-0.39, 0.29) is 0 Å². The van der Waals surface area contributed by atoms with E-state index in [0.717, 1.165) is 6.54 Å². The zero-order valence-corrected chi connectivity index (χ0v) is 7.39. The van der Waals surface area contributed by atoms with Crippen LogP contribution in [0.2, 0.25) is 0 Å². The highest BCUT2D eigenvalue weighted by Gasteiger charge is 2.48. The Hall–Kier alpha value is -0.150. The molecule has 1 aliphatic rings. The average molecular weight is 161 g/mol. The lowest BCUT2D eigenvalue weighted by molar-refractivity contribution is -0.0701. The van der Waals surface area contributed by atoms with E-state index in [2.05, 4.69) is 0 Å². The van der Waals surface area contributed by atoms with Gasteiger partial charge >= 0.3 is 0 Å². The number of hydrogen-bond donors (Lipinski definition) is 1. The van der Waals surface area contributed by atoms with Gasteiger partial charge in [0.25, 0.3) is 0 Å². The van der Waals surface area contributed by atoms with E-state index in [9.17, 15) is 9.50 Å². The van der Waals surface area contributed by atoms with Gasteiger partial charge in [0.15, 0.2) is 5.67 Å². The summed E-state index contributed by atoms with van der Waals surface area (Å²) in [4.78, 5) is 1.90. The number of alkyl halides is 1. The van der Waals surface area contributed by atoms with Crippen molar-refractivity contribution in [3.63, 3.8) is 0 Å². The first-order chi connectivity index (χ1) is 4.85. The highest BCUT2D eigenvalue weighted by Crippen LogP contribution is 2.34. The van der Waals surface area contributed by atoms with Gasteiger partial charge in [0, 0.05) is 13.1 Å². The normalized spacial score (nSPS) is 34.6. The minimum Gasteiger partial charge on any atom is -0.387 e. The summed E-state index contributed by atoms with van der Waals surface area (Å²) in [5.74, 6) is 0. The first kappa shape index (κ1) is 8.94. The quantitative estimate of drug-likeness (QED) is 0.615. The van der Waals surface area contributed by atoms with Gasteiger partial charge in [0.05, 0.1) is 5.60 Å². The van der Waals surface area contributed by atoms with E-state index in [0.29, 0.717) is 13.0 Å². The van der Waals surface area contributed by atoms with E-state index >= 15 is 0 Å². The zero-order valence-electron chi connectivity index (χ0n) is 7.39. The number of rotatable bonds is 1. The van der Waals surface area contributed by atoms with Crippen LogP contribution in [-0.2, 0) is 0 Å². The third-order valence-electron chi connectivity index (χ3n) is 2.51. The van der Waals surface area contributed by atoms with Gasteiger partial charge in [-0.25, -0.2) is 4.39 Å². The molecule has 1 N–H and O–H groups in total. The smallest absolute Gasteiger partial charge is 0.152 e. The minimum atomic E-state index is -1.41. The SMILES string of the molecule is CN1CC[C@@](F)(C(C)(C)O)C1. The Labute approximate surface area is 67.0 Å². The fourth-order valence-electron chi connectivity index (χ4n) is 1.45. The maximum Gasteiger partial charge on any atom is 0.152 e. The molecule has 3 heteroatoms. The summed E-state index contributed by atoms with van der Waals surface area (Å²) in [5, 5.41) is 9.49. The van der Waals surface area contributed by atoms with Gasteiger partial charge in [-0.2, -0.15) is 0 Å². The maximum atomic E-state index is 13.8. The van der Waals surface area contributed by atoms with Crippen molar-refractivity contribution in [1.82, 2.24) is 4.90 Å². The molecule has 66 valence electrons. The molecule has 1 saturated heterocycles. The van der Waals surface area contributed by atoms with Gasteiger partial charge < -0.3 is 10.0 Å². The lowest BCUT2D eigenvalue weighted by atomic mass is 9.87. The predicted molar refractivity (Wildman–Crippen MR) is 42.3 cm³/mol. The molecular weight excluding hydrogens is 145 g/mol. The summed E-state index contributed by atoms with van der Waals surface area (Å²) in [6.07, 6.45) is 0.438. The molecule has 0 radical (unpaired) electrons. The van der Waals surface area contributed by atoms with Crippen LogP contribution in [0.1, 0.15) is 20.3 Å². The van der Waals surface area contributed by atoms with E-state index in [4.69, 9.17) is 0 Å². The first-order valence-electron chi connectivity index (χ1n) is 3.95. The van der Waals surface area contributed by atoms with Crippen molar-refractivity contribution < 1.29 is 9.50 Å². The van der Waals surface area contributed by atoms with Gasteiger partial charge in [-0.05, 0) is 27.3 Å². The van der Waals surface area contributed by atoms with Crippen LogP contribution >= 0.6 is 0 Å². The molecule has 1 fully saturated rings. The van der Waals surface area contributed by atoms with Crippen molar-refractivity contribution in [3.8, 4) is 0 Å². The van der Waals surface area contributed by atoms with Crippen LogP contribution in [0.15, 0.2) is 0 Å². The Balaban J connectivity index is 2.69. The number of aliphatic hydroxyl groups is 1. The standard InChI is InChI=1S/C8H16FNO/c1-7(2,11)8(9)4-5-10(3)6-8/h11H,4-6H2,1-3H3/t8-/m0/s1. The monoisotopic (exact) mass is 161 g/mol. The molecule has 0 aromatic rings. The topological polar surface area (TPSA) is 23.5 Å². The maximum absolute atomic E-state index is 13.8. The molecule has 0 bridgehead atoms. The second-order valence-corrected chi connectivity index (χ2v) is 4.01. The lowest BCUT2D eigenvalue weighted by Crippen LogP contribution is -2.48. The fraction of sp³-hybridized carbons (Fsp3) is 1.00. The largest absolute Gasteiger partial charge is 0.387 e. The van der Waals surface area contributed by atoms with Gasteiger partial charge in [-0.1, -0.05) is 0 Å². The lowest BCUT2D eigenvalue weighted by Gasteiger charge is -2.32. The van der Waals surface area contributed by atoms with Crippen LogP contribution in [0.4, 0.5) is 4.39 Å². The summed E-state index contributed by atoms with van der Waals surface area (Å²) < 4.78 is 13.8. The van der Waals surface area contributed by atoms with Crippen LogP contribution in [0.5, 0.6) is 0 Å². The van der Waals surface area contributed by atoms with Crippen LogP contribution in [-0.4, -0.2) is 41.4 Å². The molecule has 0 aliphatic carbocycles. The summed E-state index contributed by atoms with van der Waals surface area (Å²) in [5.41, 5.74) is -2.63. The predicted octanol–water partition coefficient (Wildman–Crippen LogP) is 0.801. The van der Waals surface area contributed by atoms with Crippen molar-refractivity contribution in [3.05, 3.63) is 0 Å². The summed E-state index contributed by atoms with van der Waals surface area (Å²) >= 11 is 0. The molecule has 11 heavy (non-hydrogen) atoms. The number of halogens is 1. The Morgan fingerprint density at radius 1 is 1.55 bits per heavy atom. The Kier molecular flexibility index (Phi) is 1.97. The van der Waals surface area contributed by atoms with Gasteiger partial charge in [0.2, 0.25) is 0 Å². The van der Waals surface area contributed by atoms with E-state index in [1.54, 1.807) is 0 Å². The minimum absolute atomic E-state index is 0.344. The molecular formula is C8H16FNO. The highest BCUT2D eigenvalue weighted by atomic mass is 19.1. The Morgan fingerprint density at radius 2 is 2.09 bits per heavy atom. The van der Waals surface area contributed by atoms with Crippen molar-refractivity contribution in [2.75, 3.05) is 20.1 Å². The van der Waals surface area contributed by atoms with Gasteiger partial charge in [-0.15, -0.1) is 0 Å². The molecule has 1 rings (SSSR count). The van der Waals surface area contributed by atoms with Gasteiger partial charge in [-0.3, -0.25) is 0 Å². The van der Waals surface area contributed by atoms with Crippen LogP contribution in [0, 0.1) is 0 Å². The Bertz CT molecular complexity index is 155. The third kappa shape index (κ3) is 1.54. The second kappa shape index (κ2) is 2.42. The molecule has 2 nitrogen and oxygen atoms in total. The zero-order chi connectivity index (χ0) is 8.70. The fourth-order valence-corrected chi connectivity index (χ4v) is 1.45. The van der Waals surface area contributed by atoms with Gasteiger partial charge in [0.1, 0.15) is 0 Å². The van der Waals surface area contributed by atoms with Crippen LogP contribution < -0.4 is 0 Å². The number of hydrogen-bond acceptors (Lipinski definition) is 2. The van der Waals surface area contributed by atoms with E-state index in [1.807, 2.05) is 11.9 Å². The summed E-state index contributed by atoms with van der Waals surface area (Å²) in [7, 11) is 1.87. The van der Waals surface area contributed by atoms with Crippen molar-refractivity contribution in [2.45, 2.75) is 31.5 Å². The molecule has 0 amide bonds. The molecule has 0 spiro atoms. The Morgan fingerprint density at radius 3 is 2.27 bits per heavy atom. The molecule has 0 unspecified atom stereocenters. The summed E-state index contributed by atoms with van der Waals surface area (Å²) in [6.45, 7) is 4.15. The van der Waals surface area contributed by atoms with E-state index < -0.39 is 11.3 Å². The first-order valence-corrected chi connectivity index (χ1v) is 3.95. The molecule has 1 heterocycles. The van der Waals surface area contributed by atoms with E-state index in [1.165, 1.54) is 13.8 Å². The van der Waals surface area contributed by atoms with Crippen LogP contribution in [0.25, 0.3) is 0 Å². The number of nitrogens with zero attached hydrogens (tertiary/aromatic N) is 1. The van der Waals surface area contributed by atoms with Crippen molar-refractivity contribution in [2.24, 2.45) is 0 Å². The molecule has 0 aromatic heterocycles. The van der Waals surface area contributed by atoms with Crippen molar-refractivity contribution >= 4 is 0 Å². The average Bonchev–Trinajstić information content (AvgIpc) is 2.10. The number of likely N-dealkylation sites (tertiary alicyclic amines) is 1. The molecule has 1 aliphatic heterocycles. The molecule has 1 atom stereocenters. The highest BCUT2D eigenvalue weighted by molar-refractivity contribution is 5.00. The third-order valence-corrected chi connectivity index (χ3v) is 2.51. The van der Waals surface area contributed by atoms with Crippen LogP contribution in [0.3, 0.4) is 0 Å².